The summed E-state index contributed by atoms with van der Waals surface area (Å²) in [6.07, 6.45) is 2.28. The number of ether oxygens (including phenoxy) is 1. The van der Waals surface area contributed by atoms with Crippen LogP contribution in [0.25, 0.3) is 10.8 Å². The van der Waals surface area contributed by atoms with Gasteiger partial charge in [-0.25, -0.2) is 4.79 Å². The van der Waals surface area contributed by atoms with E-state index in [1.807, 2.05) is 82.3 Å². The topological polar surface area (TPSA) is 38.7 Å². The molecule has 0 radical (unpaired) electrons. The molecule has 0 aliphatic carbocycles. The normalized spacial score (nSPS) is 14.1. The second kappa shape index (κ2) is 7.97. The fourth-order valence-corrected chi connectivity index (χ4v) is 3.13. The van der Waals surface area contributed by atoms with E-state index in [-0.39, 0.29) is 5.97 Å². The number of aliphatic imine (C=N–C) groups is 1. The Morgan fingerprint density at radius 1 is 0.893 bits per heavy atom. The molecule has 3 aromatic carbocycles. The van der Waals surface area contributed by atoms with Crippen molar-refractivity contribution in [1.29, 1.82) is 0 Å². The number of carbonyl (C=O) groups excluding carboxylic acids is 1. The minimum Gasteiger partial charge on any atom is -0.458 e. The molecule has 0 spiro atoms. The second-order valence-electron chi connectivity index (χ2n) is 8.26. The molecule has 0 fully saturated rings. The van der Waals surface area contributed by atoms with Crippen molar-refractivity contribution in [3.05, 3.63) is 83.9 Å². The summed E-state index contributed by atoms with van der Waals surface area (Å²) < 4.78 is 5.70. The fourth-order valence-electron chi connectivity index (χ4n) is 3.13. The zero-order valence-corrected chi connectivity index (χ0v) is 17.0. The summed E-state index contributed by atoms with van der Waals surface area (Å²) in [5, 5.41) is 2.26. The molecule has 3 rings (SSSR count). The van der Waals surface area contributed by atoms with Gasteiger partial charge >= 0.3 is 5.97 Å². The monoisotopic (exact) mass is 373 g/mol. The molecule has 3 nitrogen and oxygen atoms in total. The maximum Gasteiger partial charge on any atom is 0.334 e. The molecule has 0 heterocycles. The third-order valence-corrected chi connectivity index (χ3v) is 4.54. The molecule has 28 heavy (non-hydrogen) atoms. The first kappa shape index (κ1) is 19.8. The van der Waals surface area contributed by atoms with Crippen LogP contribution >= 0.6 is 0 Å². The lowest BCUT2D eigenvalue weighted by Gasteiger charge is -2.28. The second-order valence-corrected chi connectivity index (χ2v) is 8.26. The van der Waals surface area contributed by atoms with Crippen LogP contribution in [0.5, 0.6) is 0 Å². The molecule has 0 aromatic heterocycles. The molecule has 144 valence electrons. The van der Waals surface area contributed by atoms with Crippen LogP contribution in [-0.4, -0.2) is 23.3 Å². The third-order valence-electron chi connectivity index (χ3n) is 4.54. The summed E-state index contributed by atoms with van der Waals surface area (Å²) >= 11 is 0. The largest absolute Gasteiger partial charge is 0.458 e. The summed E-state index contributed by atoms with van der Waals surface area (Å²) in [6.45, 7) is 7.47. The quantitative estimate of drug-likeness (QED) is 0.431. The zero-order chi connectivity index (χ0) is 20.2. The minimum absolute atomic E-state index is 0.319. The van der Waals surface area contributed by atoms with Crippen LogP contribution in [0.15, 0.2) is 77.8 Å². The molecule has 3 heteroatoms. The molecule has 0 unspecified atom stereocenters. The smallest absolute Gasteiger partial charge is 0.334 e. The number of hydrogen-bond donors (Lipinski definition) is 0. The van der Waals surface area contributed by atoms with Crippen LogP contribution in [0.4, 0.5) is 0 Å². The van der Waals surface area contributed by atoms with Crippen molar-refractivity contribution >= 4 is 23.0 Å². The Labute approximate surface area is 167 Å². The predicted octanol–water partition coefficient (Wildman–Crippen LogP) is 5.60. The van der Waals surface area contributed by atoms with Crippen LogP contribution < -0.4 is 0 Å². The highest BCUT2D eigenvalue weighted by Gasteiger charge is 2.36. The van der Waals surface area contributed by atoms with Gasteiger partial charge in [-0.05, 0) is 44.0 Å². The third kappa shape index (κ3) is 4.86. The Balaban J connectivity index is 1.98. The SMILES string of the molecule is CC(C)(C)OC(=O)[C@](C)(Cc1ccccc1)N=Cc1cccc2ccccc12. The maximum absolute atomic E-state index is 13.0. The fraction of sp³-hybridized carbons (Fsp3) is 0.280. The van der Waals surface area contributed by atoms with Gasteiger partial charge in [0.2, 0.25) is 0 Å². The van der Waals surface area contributed by atoms with Gasteiger partial charge in [0, 0.05) is 18.2 Å². The molecule has 0 aliphatic rings. The van der Waals surface area contributed by atoms with E-state index >= 15 is 0 Å². The van der Waals surface area contributed by atoms with E-state index in [0.717, 1.165) is 21.9 Å². The standard InChI is InChI=1S/C25H27NO2/c1-24(2,3)28-23(27)25(4,17-19-11-6-5-7-12-19)26-18-21-15-10-14-20-13-8-9-16-22(20)21/h5-16,18H,17H2,1-4H3/t25-/m0/s1. The molecule has 0 amide bonds. The number of hydrogen-bond acceptors (Lipinski definition) is 3. The van der Waals surface area contributed by atoms with Crippen molar-refractivity contribution in [3.63, 3.8) is 0 Å². The van der Waals surface area contributed by atoms with Crippen molar-refractivity contribution in [2.75, 3.05) is 0 Å². The van der Waals surface area contributed by atoms with Gasteiger partial charge in [0.15, 0.2) is 5.54 Å². The van der Waals surface area contributed by atoms with Crippen LogP contribution in [-0.2, 0) is 16.0 Å². The first-order chi connectivity index (χ1) is 13.3. The highest BCUT2D eigenvalue weighted by molar-refractivity contribution is 6.00. The van der Waals surface area contributed by atoms with Crippen LogP contribution in [0, 0.1) is 0 Å². The average molecular weight is 373 g/mol. The number of nitrogens with zero attached hydrogens (tertiary/aromatic N) is 1. The number of carbonyl (C=O) groups is 1. The van der Waals surface area contributed by atoms with Crippen molar-refractivity contribution in [2.45, 2.75) is 45.3 Å². The van der Waals surface area contributed by atoms with Crippen molar-refractivity contribution in [2.24, 2.45) is 4.99 Å². The van der Waals surface area contributed by atoms with Crippen molar-refractivity contribution in [1.82, 2.24) is 0 Å². The van der Waals surface area contributed by atoms with Crippen molar-refractivity contribution in [3.8, 4) is 0 Å². The molecular weight excluding hydrogens is 346 g/mol. The van der Waals surface area contributed by atoms with E-state index < -0.39 is 11.1 Å². The zero-order valence-electron chi connectivity index (χ0n) is 17.0. The molecule has 0 saturated heterocycles. The molecule has 0 saturated carbocycles. The Morgan fingerprint density at radius 2 is 1.54 bits per heavy atom. The van der Waals surface area contributed by atoms with Gasteiger partial charge in [0.1, 0.15) is 5.60 Å². The predicted molar refractivity (Wildman–Crippen MR) is 116 cm³/mol. The average Bonchev–Trinajstić information content (AvgIpc) is 2.66. The van der Waals surface area contributed by atoms with Gasteiger partial charge in [-0.15, -0.1) is 0 Å². The number of esters is 1. The number of benzene rings is 3. The Bertz CT molecular complexity index is 981. The summed E-state index contributed by atoms with van der Waals surface area (Å²) in [7, 11) is 0. The van der Waals surface area contributed by atoms with Gasteiger partial charge in [-0.2, -0.15) is 0 Å². The summed E-state index contributed by atoms with van der Waals surface area (Å²) in [6, 6.07) is 24.2. The minimum atomic E-state index is -1.01. The van der Waals surface area contributed by atoms with E-state index in [9.17, 15) is 4.79 Å². The molecular formula is C25H27NO2. The van der Waals surface area contributed by atoms with Gasteiger partial charge in [-0.1, -0.05) is 72.8 Å². The van der Waals surface area contributed by atoms with Gasteiger partial charge in [-0.3, -0.25) is 4.99 Å². The highest BCUT2D eigenvalue weighted by Crippen LogP contribution is 2.24. The molecule has 1 atom stereocenters. The van der Waals surface area contributed by atoms with E-state index in [1.54, 1.807) is 6.21 Å². The lowest BCUT2D eigenvalue weighted by Crippen LogP contribution is -2.41. The van der Waals surface area contributed by atoms with Gasteiger partial charge in [0.25, 0.3) is 0 Å². The molecule has 0 aliphatic heterocycles. The van der Waals surface area contributed by atoms with Gasteiger partial charge in [0.05, 0.1) is 0 Å². The molecule has 3 aromatic rings. The van der Waals surface area contributed by atoms with Crippen LogP contribution in [0.1, 0.15) is 38.8 Å². The van der Waals surface area contributed by atoms with Crippen molar-refractivity contribution < 1.29 is 9.53 Å². The van der Waals surface area contributed by atoms with Gasteiger partial charge < -0.3 is 4.74 Å². The summed E-state index contributed by atoms with van der Waals surface area (Å²) in [5.41, 5.74) is 0.460. The maximum atomic E-state index is 13.0. The lowest BCUT2D eigenvalue weighted by atomic mass is 9.93. The van der Waals surface area contributed by atoms with Crippen LogP contribution in [0.3, 0.4) is 0 Å². The summed E-state index contributed by atoms with van der Waals surface area (Å²) in [4.78, 5) is 17.8. The number of fused-ring (bicyclic) bond motifs is 1. The van der Waals surface area contributed by atoms with E-state index in [4.69, 9.17) is 9.73 Å². The molecule has 0 N–H and O–H groups in total. The summed E-state index contributed by atoms with van der Waals surface area (Å²) in [5.74, 6) is -0.319. The Hall–Kier alpha value is -2.94. The first-order valence-electron chi connectivity index (χ1n) is 9.57. The highest BCUT2D eigenvalue weighted by atomic mass is 16.6. The van der Waals surface area contributed by atoms with E-state index in [1.165, 1.54) is 0 Å². The van der Waals surface area contributed by atoms with Crippen LogP contribution in [0.2, 0.25) is 0 Å². The first-order valence-corrected chi connectivity index (χ1v) is 9.57. The Morgan fingerprint density at radius 3 is 2.25 bits per heavy atom. The molecule has 0 bridgehead atoms. The van der Waals surface area contributed by atoms with E-state index in [0.29, 0.717) is 6.42 Å². The number of rotatable bonds is 5. The Kier molecular flexibility index (Phi) is 5.64. The lowest BCUT2D eigenvalue weighted by molar-refractivity contribution is -0.160. The van der Waals surface area contributed by atoms with E-state index in [2.05, 4.69) is 18.2 Å².